The van der Waals surface area contributed by atoms with Crippen molar-refractivity contribution in [3.63, 3.8) is 0 Å². The Labute approximate surface area is 158 Å². The van der Waals surface area contributed by atoms with E-state index in [9.17, 15) is 9.59 Å². The highest BCUT2D eigenvalue weighted by molar-refractivity contribution is 6.08. The van der Waals surface area contributed by atoms with Crippen LogP contribution in [0, 0.1) is 6.92 Å². The summed E-state index contributed by atoms with van der Waals surface area (Å²) in [6, 6.07) is 9.85. The summed E-state index contributed by atoms with van der Waals surface area (Å²) in [6.07, 6.45) is 4.33. The van der Waals surface area contributed by atoms with E-state index >= 15 is 0 Å². The number of aromatic nitrogens is 2. The molecule has 1 saturated heterocycles. The molecule has 0 spiro atoms. The number of aryl methyl sites for hydroxylation is 2. The summed E-state index contributed by atoms with van der Waals surface area (Å²) in [7, 11) is 1.95. The number of carbonyl (C=O) groups excluding carboxylic acids is 2. The fourth-order valence-corrected chi connectivity index (χ4v) is 3.82. The molecular weight excluding hydrogens is 340 g/mol. The van der Waals surface area contributed by atoms with Crippen molar-refractivity contribution in [3.8, 4) is 0 Å². The molecule has 2 aromatic heterocycles. The van der Waals surface area contributed by atoms with Gasteiger partial charge in [0.25, 0.3) is 5.91 Å². The number of rotatable bonds is 3. The first kappa shape index (κ1) is 17.4. The molecule has 6 heteroatoms. The Balaban J connectivity index is 1.42. The minimum absolute atomic E-state index is 0.0418. The van der Waals surface area contributed by atoms with Crippen LogP contribution in [0.4, 0.5) is 0 Å². The van der Waals surface area contributed by atoms with Crippen molar-refractivity contribution in [1.29, 1.82) is 0 Å². The zero-order valence-corrected chi connectivity index (χ0v) is 15.7. The van der Waals surface area contributed by atoms with Crippen LogP contribution in [0.3, 0.4) is 0 Å². The maximum atomic E-state index is 13.1. The summed E-state index contributed by atoms with van der Waals surface area (Å²) >= 11 is 0. The van der Waals surface area contributed by atoms with Gasteiger partial charge in [-0.3, -0.25) is 9.59 Å². The standard InChI is InChI=1S/C21H24N4O2/c1-15-20(17-5-3-4-6-18(17)22-15)21(27)25-11-9-24(10-12-25)19(26)13-16-7-8-23(2)14-16/h3-8,14,22H,9-13H2,1-2H3. The molecule has 3 aromatic rings. The quantitative estimate of drug-likeness (QED) is 0.775. The van der Waals surface area contributed by atoms with Crippen molar-refractivity contribution in [3.05, 3.63) is 59.5 Å². The Kier molecular flexibility index (Phi) is 4.48. The van der Waals surface area contributed by atoms with Gasteiger partial charge in [0.2, 0.25) is 5.91 Å². The van der Waals surface area contributed by atoms with Crippen LogP contribution in [0.5, 0.6) is 0 Å². The zero-order valence-electron chi connectivity index (χ0n) is 15.7. The van der Waals surface area contributed by atoms with E-state index in [1.807, 2.05) is 71.1 Å². The van der Waals surface area contributed by atoms with Gasteiger partial charge in [-0.15, -0.1) is 0 Å². The van der Waals surface area contributed by atoms with E-state index in [1.165, 1.54) is 0 Å². The number of H-pyrrole nitrogens is 1. The predicted molar refractivity (Wildman–Crippen MR) is 105 cm³/mol. The van der Waals surface area contributed by atoms with Crippen LogP contribution in [0.2, 0.25) is 0 Å². The van der Waals surface area contributed by atoms with E-state index in [1.54, 1.807) is 0 Å². The minimum Gasteiger partial charge on any atom is -0.358 e. The molecule has 0 atom stereocenters. The third kappa shape index (κ3) is 3.35. The predicted octanol–water partition coefficient (Wildman–Crippen LogP) is 2.34. The van der Waals surface area contributed by atoms with Gasteiger partial charge in [-0.1, -0.05) is 18.2 Å². The largest absolute Gasteiger partial charge is 0.358 e. The topological polar surface area (TPSA) is 61.3 Å². The smallest absolute Gasteiger partial charge is 0.256 e. The number of carbonyl (C=O) groups is 2. The molecule has 0 radical (unpaired) electrons. The first-order valence-electron chi connectivity index (χ1n) is 9.28. The molecule has 27 heavy (non-hydrogen) atoms. The van der Waals surface area contributed by atoms with E-state index < -0.39 is 0 Å². The second-order valence-electron chi connectivity index (χ2n) is 7.21. The fraction of sp³-hybridized carbons (Fsp3) is 0.333. The van der Waals surface area contributed by atoms with Gasteiger partial charge < -0.3 is 19.4 Å². The lowest BCUT2D eigenvalue weighted by atomic mass is 10.1. The van der Waals surface area contributed by atoms with Gasteiger partial charge in [0, 0.05) is 62.2 Å². The van der Waals surface area contributed by atoms with E-state index in [4.69, 9.17) is 0 Å². The number of aromatic amines is 1. The van der Waals surface area contributed by atoms with Crippen molar-refractivity contribution < 1.29 is 9.59 Å². The monoisotopic (exact) mass is 364 g/mol. The Morgan fingerprint density at radius 1 is 1.04 bits per heavy atom. The van der Waals surface area contributed by atoms with Crippen LogP contribution in [0.15, 0.2) is 42.7 Å². The van der Waals surface area contributed by atoms with Gasteiger partial charge in [0.15, 0.2) is 0 Å². The molecule has 0 bridgehead atoms. The van der Waals surface area contributed by atoms with Gasteiger partial charge >= 0.3 is 0 Å². The molecule has 6 nitrogen and oxygen atoms in total. The van der Waals surface area contributed by atoms with Crippen molar-refractivity contribution in [1.82, 2.24) is 19.4 Å². The molecule has 1 fully saturated rings. The number of benzene rings is 1. The Morgan fingerprint density at radius 2 is 1.74 bits per heavy atom. The number of amides is 2. The second-order valence-corrected chi connectivity index (χ2v) is 7.21. The number of hydrogen-bond donors (Lipinski definition) is 1. The van der Waals surface area contributed by atoms with E-state index in [-0.39, 0.29) is 11.8 Å². The van der Waals surface area contributed by atoms with Gasteiger partial charge in [-0.2, -0.15) is 0 Å². The summed E-state index contributed by atoms with van der Waals surface area (Å²) in [4.78, 5) is 32.6. The van der Waals surface area contributed by atoms with Gasteiger partial charge in [-0.05, 0) is 24.6 Å². The maximum Gasteiger partial charge on any atom is 0.256 e. The highest BCUT2D eigenvalue weighted by Gasteiger charge is 2.27. The zero-order chi connectivity index (χ0) is 19.0. The summed E-state index contributed by atoms with van der Waals surface area (Å²) < 4.78 is 1.95. The van der Waals surface area contributed by atoms with Crippen molar-refractivity contribution in [2.45, 2.75) is 13.3 Å². The first-order valence-corrected chi connectivity index (χ1v) is 9.28. The number of para-hydroxylation sites is 1. The molecule has 3 heterocycles. The average molecular weight is 364 g/mol. The highest BCUT2D eigenvalue weighted by Crippen LogP contribution is 2.24. The Morgan fingerprint density at radius 3 is 2.44 bits per heavy atom. The first-order chi connectivity index (χ1) is 13.0. The summed E-state index contributed by atoms with van der Waals surface area (Å²) in [6.45, 7) is 4.24. The van der Waals surface area contributed by atoms with Crippen LogP contribution in [-0.2, 0) is 18.3 Å². The Bertz CT molecular complexity index is 993. The number of piperazine rings is 1. The fourth-order valence-electron chi connectivity index (χ4n) is 3.82. The van der Waals surface area contributed by atoms with E-state index in [2.05, 4.69) is 4.98 Å². The van der Waals surface area contributed by atoms with Crippen LogP contribution in [0.1, 0.15) is 21.6 Å². The lowest BCUT2D eigenvalue weighted by Crippen LogP contribution is -2.51. The van der Waals surface area contributed by atoms with Crippen molar-refractivity contribution >= 4 is 22.7 Å². The highest BCUT2D eigenvalue weighted by atomic mass is 16.2. The third-order valence-electron chi connectivity index (χ3n) is 5.28. The van der Waals surface area contributed by atoms with Crippen molar-refractivity contribution in [2.75, 3.05) is 26.2 Å². The second kappa shape index (κ2) is 6.95. The molecule has 140 valence electrons. The number of nitrogens with zero attached hydrogens (tertiary/aromatic N) is 3. The third-order valence-corrected chi connectivity index (χ3v) is 5.28. The van der Waals surface area contributed by atoms with Crippen LogP contribution >= 0.6 is 0 Å². The lowest BCUT2D eigenvalue weighted by molar-refractivity contribution is -0.131. The van der Waals surface area contributed by atoms with Crippen LogP contribution in [0.25, 0.3) is 10.9 Å². The molecule has 4 rings (SSSR count). The molecule has 2 amide bonds. The van der Waals surface area contributed by atoms with Crippen LogP contribution < -0.4 is 0 Å². The molecule has 1 N–H and O–H groups in total. The van der Waals surface area contributed by atoms with Crippen LogP contribution in [-0.4, -0.2) is 57.3 Å². The van der Waals surface area contributed by atoms with Gasteiger partial charge in [0.05, 0.1) is 12.0 Å². The molecule has 0 unspecified atom stereocenters. The Hall–Kier alpha value is -3.02. The van der Waals surface area contributed by atoms with Gasteiger partial charge in [-0.25, -0.2) is 0 Å². The number of nitrogens with one attached hydrogen (secondary N) is 1. The molecule has 0 aliphatic carbocycles. The van der Waals surface area contributed by atoms with Gasteiger partial charge in [0.1, 0.15) is 0 Å². The maximum absolute atomic E-state index is 13.1. The molecular formula is C21H24N4O2. The molecule has 1 aliphatic heterocycles. The lowest BCUT2D eigenvalue weighted by Gasteiger charge is -2.35. The SMILES string of the molecule is Cc1[nH]c2ccccc2c1C(=O)N1CCN(C(=O)Cc2ccn(C)c2)CC1. The van der Waals surface area contributed by atoms with E-state index in [0.717, 1.165) is 27.7 Å². The molecule has 0 saturated carbocycles. The summed E-state index contributed by atoms with van der Waals surface area (Å²) in [5.74, 6) is 0.164. The summed E-state index contributed by atoms with van der Waals surface area (Å²) in [5, 5.41) is 0.961. The van der Waals surface area contributed by atoms with Crippen molar-refractivity contribution in [2.24, 2.45) is 7.05 Å². The molecule has 1 aliphatic rings. The molecule has 1 aromatic carbocycles. The summed E-state index contributed by atoms with van der Waals surface area (Å²) in [5.41, 5.74) is 3.64. The number of hydrogen-bond acceptors (Lipinski definition) is 2. The average Bonchev–Trinajstić information content (AvgIpc) is 3.23. The number of fused-ring (bicyclic) bond motifs is 1. The minimum atomic E-state index is 0.0418. The normalized spacial score (nSPS) is 14.7. The van der Waals surface area contributed by atoms with E-state index in [0.29, 0.717) is 32.6 Å².